The van der Waals surface area contributed by atoms with E-state index in [0.717, 1.165) is 17.8 Å². The summed E-state index contributed by atoms with van der Waals surface area (Å²) in [6.07, 6.45) is 4.86. The monoisotopic (exact) mass is 292 g/mol. The van der Waals surface area contributed by atoms with Crippen LogP contribution in [0.25, 0.3) is 0 Å². The number of unbranched alkanes of at least 4 members (excludes halogenated alkanes) is 1. The molecule has 0 aromatic carbocycles. The Morgan fingerprint density at radius 2 is 2.12 bits per heavy atom. The molecule has 2 saturated heterocycles. The van der Waals surface area contributed by atoms with Crippen LogP contribution in [0.3, 0.4) is 0 Å². The van der Waals surface area contributed by atoms with Crippen molar-refractivity contribution in [2.24, 2.45) is 5.92 Å². The van der Waals surface area contributed by atoms with Crippen molar-refractivity contribution >= 4 is 35.3 Å². The minimum absolute atomic E-state index is 0.601. The number of ether oxygens (including phenoxy) is 1. The molecule has 100 valence electrons. The molecule has 4 heteroatoms. The van der Waals surface area contributed by atoms with Gasteiger partial charge in [0.05, 0.1) is 12.7 Å². The Morgan fingerprint density at radius 1 is 1.29 bits per heavy atom. The summed E-state index contributed by atoms with van der Waals surface area (Å²) in [7, 11) is 0. The fourth-order valence-electron chi connectivity index (χ4n) is 1.72. The number of epoxide rings is 1. The quantitative estimate of drug-likeness (QED) is 0.424. The van der Waals surface area contributed by atoms with E-state index < -0.39 is 0 Å². The van der Waals surface area contributed by atoms with Crippen LogP contribution in [0, 0.1) is 5.92 Å². The third-order valence-corrected chi connectivity index (χ3v) is 6.86. The zero-order valence-corrected chi connectivity index (χ0v) is 13.2. The predicted molar refractivity (Wildman–Crippen MR) is 83.7 cm³/mol. The highest BCUT2D eigenvalue weighted by molar-refractivity contribution is 8.08. The van der Waals surface area contributed by atoms with Gasteiger partial charge < -0.3 is 4.74 Å². The van der Waals surface area contributed by atoms with Gasteiger partial charge in [-0.15, -0.1) is 0 Å². The molecule has 2 heterocycles. The maximum absolute atomic E-state index is 5.21. The van der Waals surface area contributed by atoms with Crippen molar-refractivity contribution in [2.75, 3.05) is 35.4 Å². The second-order valence-corrected chi connectivity index (χ2v) is 8.68. The lowest BCUT2D eigenvalue weighted by Gasteiger charge is -2.10. The second kappa shape index (κ2) is 8.23. The number of hydrogen-bond donors (Lipinski definition) is 0. The number of rotatable bonds is 11. The molecule has 0 N–H and O–H groups in total. The zero-order valence-electron chi connectivity index (χ0n) is 10.7. The molecule has 0 aromatic heterocycles. The summed E-state index contributed by atoms with van der Waals surface area (Å²) in [5.74, 6) is 7.64. The van der Waals surface area contributed by atoms with Gasteiger partial charge in [0.2, 0.25) is 0 Å². The van der Waals surface area contributed by atoms with Crippen molar-refractivity contribution in [1.29, 1.82) is 0 Å². The van der Waals surface area contributed by atoms with Gasteiger partial charge in [0, 0.05) is 22.5 Å². The molecule has 0 spiro atoms. The summed E-state index contributed by atoms with van der Waals surface area (Å²) in [5, 5.41) is 1.01. The maximum atomic E-state index is 5.21. The Labute approximate surface area is 119 Å². The van der Waals surface area contributed by atoms with E-state index in [4.69, 9.17) is 4.74 Å². The summed E-state index contributed by atoms with van der Waals surface area (Å²) in [5.41, 5.74) is 0. The first-order valence-corrected chi connectivity index (χ1v) is 10.1. The Balaban J connectivity index is 1.30. The molecule has 1 nitrogen and oxygen atoms in total. The molecule has 0 saturated carbocycles. The molecule has 17 heavy (non-hydrogen) atoms. The summed E-state index contributed by atoms with van der Waals surface area (Å²) < 4.78 is 5.21. The molecule has 0 radical (unpaired) electrons. The van der Waals surface area contributed by atoms with Crippen LogP contribution in [0.2, 0.25) is 0 Å². The molecule has 0 bridgehead atoms. The van der Waals surface area contributed by atoms with E-state index in [2.05, 4.69) is 42.2 Å². The van der Waals surface area contributed by atoms with Crippen LogP contribution in [0.15, 0.2) is 0 Å². The van der Waals surface area contributed by atoms with Crippen molar-refractivity contribution in [3.63, 3.8) is 0 Å². The van der Waals surface area contributed by atoms with Crippen LogP contribution in [0.1, 0.15) is 26.2 Å². The van der Waals surface area contributed by atoms with E-state index in [-0.39, 0.29) is 0 Å². The molecule has 2 fully saturated rings. The lowest BCUT2D eigenvalue weighted by molar-refractivity contribution is 0.426. The van der Waals surface area contributed by atoms with Gasteiger partial charge in [0.1, 0.15) is 0 Å². The molecular weight excluding hydrogens is 268 g/mol. The molecular formula is C13H24OS3. The Morgan fingerprint density at radius 3 is 2.82 bits per heavy atom. The normalized spacial score (nSPS) is 28.1. The van der Waals surface area contributed by atoms with Crippen molar-refractivity contribution in [2.45, 2.75) is 37.5 Å². The molecule has 3 atom stereocenters. The van der Waals surface area contributed by atoms with Gasteiger partial charge in [-0.3, -0.25) is 0 Å². The maximum Gasteiger partial charge on any atom is 0.0900 e. The summed E-state index contributed by atoms with van der Waals surface area (Å²) >= 11 is 6.36. The molecule has 3 unspecified atom stereocenters. The van der Waals surface area contributed by atoms with Crippen LogP contribution in [0.4, 0.5) is 0 Å². The highest BCUT2D eigenvalue weighted by Gasteiger charge is 2.22. The molecule has 0 aliphatic carbocycles. The zero-order chi connectivity index (χ0) is 11.9. The minimum Gasteiger partial charge on any atom is -0.372 e. The van der Waals surface area contributed by atoms with Crippen molar-refractivity contribution in [3.05, 3.63) is 0 Å². The highest BCUT2D eigenvalue weighted by Crippen LogP contribution is 2.33. The van der Waals surface area contributed by atoms with Crippen LogP contribution in [-0.4, -0.2) is 46.7 Å². The minimum atomic E-state index is 0.601. The Hall–Kier alpha value is 1.01. The van der Waals surface area contributed by atoms with Gasteiger partial charge in [0.15, 0.2) is 0 Å². The van der Waals surface area contributed by atoms with E-state index in [1.165, 1.54) is 48.0 Å². The van der Waals surface area contributed by atoms with E-state index in [9.17, 15) is 0 Å². The number of thioether (sulfide) groups is 3. The molecule has 0 aromatic rings. The van der Waals surface area contributed by atoms with Crippen molar-refractivity contribution in [3.8, 4) is 0 Å². The number of hydrogen-bond acceptors (Lipinski definition) is 4. The van der Waals surface area contributed by atoms with Gasteiger partial charge in [0.25, 0.3) is 0 Å². The van der Waals surface area contributed by atoms with Gasteiger partial charge in [-0.2, -0.15) is 35.3 Å². The van der Waals surface area contributed by atoms with Crippen molar-refractivity contribution < 1.29 is 4.74 Å². The molecule has 2 rings (SSSR count). The summed E-state index contributed by atoms with van der Waals surface area (Å²) in [6.45, 7) is 3.41. The Kier molecular flexibility index (Phi) is 6.98. The molecule has 0 amide bonds. The molecule has 2 aliphatic heterocycles. The Bertz CT molecular complexity index is 205. The standard InChI is InChI=1S/C13H24OS3/c1-11(7-16-8-12-6-14-12)4-2-3-5-15-9-13-10-17-13/h11-13H,2-10H2,1H3. The average molecular weight is 293 g/mol. The first kappa shape index (κ1) is 14.4. The van der Waals surface area contributed by atoms with E-state index >= 15 is 0 Å². The first-order chi connectivity index (χ1) is 8.34. The first-order valence-electron chi connectivity index (χ1n) is 6.73. The summed E-state index contributed by atoms with van der Waals surface area (Å²) in [6, 6.07) is 0. The van der Waals surface area contributed by atoms with Crippen LogP contribution in [-0.2, 0) is 4.74 Å². The predicted octanol–water partition coefficient (Wildman–Crippen LogP) is 3.77. The van der Waals surface area contributed by atoms with E-state index in [1.54, 1.807) is 0 Å². The van der Waals surface area contributed by atoms with E-state index in [0.29, 0.717) is 6.10 Å². The summed E-state index contributed by atoms with van der Waals surface area (Å²) in [4.78, 5) is 0. The third kappa shape index (κ3) is 7.91. The third-order valence-electron chi connectivity index (χ3n) is 3.05. The largest absolute Gasteiger partial charge is 0.372 e. The molecule has 2 aliphatic rings. The van der Waals surface area contributed by atoms with Gasteiger partial charge in [-0.25, -0.2) is 0 Å². The topological polar surface area (TPSA) is 12.5 Å². The fourth-order valence-corrected chi connectivity index (χ4v) is 4.92. The SMILES string of the molecule is CC(CCCCSCC1CS1)CSCC1CO1. The van der Waals surface area contributed by atoms with Crippen LogP contribution >= 0.6 is 35.3 Å². The van der Waals surface area contributed by atoms with Crippen molar-refractivity contribution in [1.82, 2.24) is 0 Å². The van der Waals surface area contributed by atoms with Gasteiger partial charge >= 0.3 is 0 Å². The van der Waals surface area contributed by atoms with E-state index in [1.807, 2.05) is 0 Å². The highest BCUT2D eigenvalue weighted by atomic mass is 32.2. The van der Waals surface area contributed by atoms with Gasteiger partial charge in [-0.1, -0.05) is 13.3 Å². The van der Waals surface area contributed by atoms with Crippen LogP contribution in [0.5, 0.6) is 0 Å². The average Bonchev–Trinajstić information content (AvgIpc) is 3.15. The van der Waals surface area contributed by atoms with Gasteiger partial charge in [-0.05, 0) is 30.3 Å². The lowest BCUT2D eigenvalue weighted by Crippen LogP contribution is -2.01. The lowest BCUT2D eigenvalue weighted by atomic mass is 10.1. The second-order valence-electron chi connectivity index (χ2n) is 5.12. The van der Waals surface area contributed by atoms with Crippen LogP contribution < -0.4 is 0 Å². The fraction of sp³-hybridized carbons (Fsp3) is 1.00. The smallest absolute Gasteiger partial charge is 0.0900 e.